The van der Waals surface area contributed by atoms with Crippen molar-refractivity contribution in [2.24, 2.45) is 11.8 Å². The molecule has 0 amide bonds. The van der Waals surface area contributed by atoms with Crippen molar-refractivity contribution in [3.8, 4) is 0 Å². The highest BCUT2D eigenvalue weighted by Crippen LogP contribution is 2.28. The fourth-order valence-electron chi connectivity index (χ4n) is 1.46. The first-order valence-electron chi connectivity index (χ1n) is 7.15. The first-order chi connectivity index (χ1) is 11.1. The minimum atomic E-state index is -1.73. The average molecular weight is 371 g/mol. The fraction of sp³-hybridized carbons (Fsp3) is 0.800. The molecule has 0 saturated carbocycles. The highest BCUT2D eigenvalue weighted by molar-refractivity contribution is 7.99. The van der Waals surface area contributed by atoms with E-state index in [-0.39, 0.29) is 12.8 Å². The van der Waals surface area contributed by atoms with Gasteiger partial charge < -0.3 is 14.6 Å². The van der Waals surface area contributed by atoms with Gasteiger partial charge in [0.1, 0.15) is 6.67 Å². The normalized spacial score (nSPS) is 15.2. The maximum absolute atomic E-state index is 12.4. The molecule has 3 unspecified atom stereocenters. The summed E-state index contributed by atoms with van der Waals surface area (Å²) >= 11 is 0.894. The molecule has 0 aromatic carbocycles. The van der Waals surface area contributed by atoms with Crippen molar-refractivity contribution in [3.63, 3.8) is 0 Å². The van der Waals surface area contributed by atoms with Gasteiger partial charge in [-0.05, 0) is 17.1 Å². The van der Waals surface area contributed by atoms with E-state index in [2.05, 4.69) is 9.47 Å². The molecule has 3 atom stereocenters. The Hall–Kier alpha value is -1.22. The molecule has 24 heavy (non-hydrogen) atoms. The first kappa shape index (κ1) is 25.0. The van der Waals surface area contributed by atoms with Gasteiger partial charge in [0.2, 0.25) is 0 Å². The van der Waals surface area contributed by atoms with Crippen LogP contribution < -0.4 is 5.11 Å². The predicted octanol–water partition coefficient (Wildman–Crippen LogP) is 1.30. The number of thioether (sulfide) groups is 1. The zero-order chi connectivity index (χ0) is 19.3. The summed E-state index contributed by atoms with van der Waals surface area (Å²) in [5, 5.41) is 11.6. The van der Waals surface area contributed by atoms with Gasteiger partial charge in [0.15, 0.2) is 5.78 Å². The monoisotopic (exact) mass is 371 g/mol. The second-order valence-electron chi connectivity index (χ2n) is 5.11. The van der Waals surface area contributed by atoms with Crippen molar-refractivity contribution >= 4 is 29.5 Å². The third-order valence-electron chi connectivity index (χ3n) is 3.37. The van der Waals surface area contributed by atoms with Gasteiger partial charge in [-0.2, -0.15) is 11.8 Å². The third-order valence-corrected chi connectivity index (χ3v) is 4.57. The van der Waals surface area contributed by atoms with Crippen LogP contribution in [0.4, 0.5) is 8.78 Å². The second-order valence-corrected chi connectivity index (χ2v) is 6.21. The van der Waals surface area contributed by atoms with Gasteiger partial charge in [-0.25, -0.2) is 4.39 Å². The standard InChI is InChI=1S/C8H14FO3S.C7H11FO3/c1-6(4-7(10)12-2)8(11,5-9)13-3;1-5(6(9)4-8)3-7(10)11-2/h6H,4-5H2,1-3H3;5H,3-4H2,1-2H3/q-1;. The number of Topliss-reactive ketones (excluding diaryl/α,β-unsaturated/α-hetero) is 1. The summed E-state index contributed by atoms with van der Waals surface area (Å²) in [6.07, 6.45) is 1.46. The van der Waals surface area contributed by atoms with E-state index in [0.717, 1.165) is 11.8 Å². The van der Waals surface area contributed by atoms with Gasteiger partial charge in [0.05, 0.1) is 27.3 Å². The molecule has 0 radical (unpaired) electrons. The number of carbonyl (C=O) groups excluding carboxylic acids is 3. The van der Waals surface area contributed by atoms with E-state index in [1.807, 2.05) is 0 Å². The van der Waals surface area contributed by atoms with E-state index in [9.17, 15) is 28.3 Å². The third kappa shape index (κ3) is 9.82. The fourth-order valence-corrected chi connectivity index (χ4v) is 2.05. The van der Waals surface area contributed by atoms with Crippen molar-refractivity contribution in [2.45, 2.75) is 31.6 Å². The molecule has 9 heteroatoms. The van der Waals surface area contributed by atoms with Crippen molar-refractivity contribution < 1.29 is 37.7 Å². The van der Waals surface area contributed by atoms with Crippen LogP contribution in [-0.2, 0) is 23.9 Å². The number of esters is 2. The predicted molar refractivity (Wildman–Crippen MR) is 84.8 cm³/mol. The first-order valence-corrected chi connectivity index (χ1v) is 8.38. The molecule has 0 rings (SSSR count). The summed E-state index contributed by atoms with van der Waals surface area (Å²) in [4.78, 5) is 30.2. The van der Waals surface area contributed by atoms with Crippen LogP contribution in [0.5, 0.6) is 0 Å². The minimum Gasteiger partial charge on any atom is -0.839 e. The molecule has 0 heterocycles. The van der Waals surface area contributed by atoms with E-state index < -0.39 is 47.8 Å². The Balaban J connectivity index is 0. The molecule has 0 aliphatic rings. The highest BCUT2D eigenvalue weighted by Gasteiger charge is 2.25. The number of hydrogen-bond acceptors (Lipinski definition) is 7. The average Bonchev–Trinajstić information content (AvgIpc) is 2.59. The zero-order valence-corrected chi connectivity index (χ0v) is 15.4. The summed E-state index contributed by atoms with van der Waals surface area (Å²) in [5.41, 5.74) is 0. The molecule has 0 saturated heterocycles. The van der Waals surface area contributed by atoms with Crippen molar-refractivity contribution in [1.29, 1.82) is 0 Å². The summed E-state index contributed by atoms with van der Waals surface area (Å²) < 4.78 is 32.7. The molecule has 6 nitrogen and oxygen atoms in total. The summed E-state index contributed by atoms with van der Waals surface area (Å²) in [7, 11) is 2.48. The second kappa shape index (κ2) is 13.1. The number of ketones is 1. The van der Waals surface area contributed by atoms with Crippen LogP contribution in [0.25, 0.3) is 0 Å². The molecule has 0 aromatic rings. The molecular formula is C15H25F2O6S-. The van der Waals surface area contributed by atoms with Crippen LogP contribution in [-0.4, -0.2) is 56.5 Å². The van der Waals surface area contributed by atoms with E-state index in [4.69, 9.17) is 0 Å². The Morgan fingerprint density at radius 2 is 1.54 bits per heavy atom. The number of methoxy groups -OCH3 is 2. The maximum atomic E-state index is 12.4. The SMILES string of the molecule is COC(=O)CC(C)C(=O)CF.COC(=O)CC(C)C([O-])(CF)SC. The van der Waals surface area contributed by atoms with Crippen LogP contribution in [0, 0.1) is 11.8 Å². The maximum Gasteiger partial charge on any atom is 0.306 e. The van der Waals surface area contributed by atoms with E-state index in [0.29, 0.717) is 0 Å². The Kier molecular flexibility index (Phi) is 13.7. The van der Waals surface area contributed by atoms with Crippen LogP contribution in [0.2, 0.25) is 0 Å². The smallest absolute Gasteiger partial charge is 0.306 e. The topological polar surface area (TPSA) is 92.7 Å². The van der Waals surface area contributed by atoms with Gasteiger partial charge in [0, 0.05) is 12.3 Å². The van der Waals surface area contributed by atoms with Crippen molar-refractivity contribution in [3.05, 3.63) is 0 Å². The Labute approximate surface area is 145 Å². The largest absolute Gasteiger partial charge is 0.839 e. The molecule has 0 aromatic heterocycles. The van der Waals surface area contributed by atoms with Gasteiger partial charge in [0.25, 0.3) is 0 Å². The number of rotatable bonds is 9. The number of ether oxygens (including phenoxy) is 2. The Bertz CT molecular complexity index is 401. The van der Waals surface area contributed by atoms with Gasteiger partial charge in [-0.15, -0.1) is 0 Å². The lowest BCUT2D eigenvalue weighted by Gasteiger charge is -2.41. The number of hydrogen-bond donors (Lipinski definition) is 0. The van der Waals surface area contributed by atoms with Gasteiger partial charge in [-0.3, -0.25) is 18.8 Å². The lowest BCUT2D eigenvalue weighted by atomic mass is 10.0. The van der Waals surface area contributed by atoms with Gasteiger partial charge in [-0.1, -0.05) is 13.8 Å². The molecule has 0 fully saturated rings. The van der Waals surface area contributed by atoms with Crippen molar-refractivity contribution in [1.82, 2.24) is 0 Å². The van der Waals surface area contributed by atoms with E-state index >= 15 is 0 Å². The summed E-state index contributed by atoms with van der Waals surface area (Å²) in [5.74, 6) is -2.67. The Morgan fingerprint density at radius 1 is 1.08 bits per heavy atom. The summed E-state index contributed by atoms with van der Waals surface area (Å²) in [6, 6.07) is 0. The number of carbonyl (C=O) groups is 3. The number of halogens is 2. The lowest BCUT2D eigenvalue weighted by molar-refractivity contribution is -0.453. The van der Waals surface area contributed by atoms with E-state index in [1.54, 1.807) is 13.2 Å². The zero-order valence-electron chi connectivity index (χ0n) is 14.6. The summed E-state index contributed by atoms with van der Waals surface area (Å²) in [6.45, 7) is 1.06. The van der Waals surface area contributed by atoms with Gasteiger partial charge >= 0.3 is 11.9 Å². The van der Waals surface area contributed by atoms with Crippen molar-refractivity contribution in [2.75, 3.05) is 33.8 Å². The molecule has 0 bridgehead atoms. The van der Waals surface area contributed by atoms with Crippen LogP contribution in [0.1, 0.15) is 26.7 Å². The Morgan fingerprint density at radius 3 is 1.88 bits per heavy atom. The molecule has 0 spiro atoms. The van der Waals surface area contributed by atoms with Crippen LogP contribution >= 0.6 is 11.8 Å². The number of alkyl halides is 2. The molecule has 0 N–H and O–H groups in total. The van der Waals surface area contributed by atoms with Crippen LogP contribution in [0.15, 0.2) is 0 Å². The molecule has 142 valence electrons. The van der Waals surface area contributed by atoms with E-state index in [1.165, 1.54) is 21.1 Å². The quantitative estimate of drug-likeness (QED) is 0.445. The highest BCUT2D eigenvalue weighted by atomic mass is 32.2. The molecular weight excluding hydrogens is 346 g/mol. The molecule has 0 aliphatic heterocycles. The molecule has 0 aliphatic carbocycles. The minimum absolute atomic E-state index is 0.0369. The lowest BCUT2D eigenvalue weighted by Crippen LogP contribution is -2.49. The van der Waals surface area contributed by atoms with Crippen LogP contribution in [0.3, 0.4) is 0 Å².